The van der Waals surface area contributed by atoms with Crippen molar-refractivity contribution in [3.8, 4) is 0 Å². The van der Waals surface area contributed by atoms with Gasteiger partial charge in [0, 0.05) is 17.9 Å². The highest BCUT2D eigenvalue weighted by Gasteiger charge is 2.33. The van der Waals surface area contributed by atoms with E-state index in [-0.39, 0.29) is 4.83 Å². The molecule has 0 aliphatic carbocycles. The molecule has 2 unspecified atom stereocenters. The van der Waals surface area contributed by atoms with Crippen molar-refractivity contribution in [3.63, 3.8) is 0 Å². The van der Waals surface area contributed by atoms with Crippen LogP contribution < -0.4 is 0 Å². The van der Waals surface area contributed by atoms with E-state index in [9.17, 15) is 8.42 Å². The molecule has 0 bridgehead atoms. The van der Waals surface area contributed by atoms with E-state index < -0.39 is 10.0 Å². The molecule has 0 N–H and O–H groups in total. The van der Waals surface area contributed by atoms with E-state index >= 15 is 0 Å². The van der Waals surface area contributed by atoms with Gasteiger partial charge < -0.3 is 0 Å². The van der Waals surface area contributed by atoms with Crippen LogP contribution in [0.2, 0.25) is 4.34 Å². The van der Waals surface area contributed by atoms with Gasteiger partial charge in [0.25, 0.3) is 10.0 Å². The van der Waals surface area contributed by atoms with E-state index in [1.165, 1.54) is 0 Å². The van der Waals surface area contributed by atoms with Gasteiger partial charge in [-0.05, 0) is 30.9 Å². The average molecular weight is 373 g/mol. The molecule has 18 heavy (non-hydrogen) atoms. The van der Waals surface area contributed by atoms with Gasteiger partial charge in [-0.25, -0.2) is 8.42 Å². The SMILES string of the molecule is Cc1cc(S(=O)(=O)N2CCC(C)C(Br)C2)sc1Cl. The zero-order chi connectivity index (χ0) is 13.5. The fraction of sp³-hybridized carbons (Fsp3) is 0.636. The molecule has 1 aliphatic rings. The standard InChI is InChI=1S/C11H15BrClNO2S2/c1-7-3-4-14(6-9(7)12)18(15,16)10-5-8(2)11(13)17-10/h5,7,9H,3-4,6H2,1-2H3. The van der Waals surface area contributed by atoms with Gasteiger partial charge in [-0.1, -0.05) is 34.5 Å². The number of piperidine rings is 1. The van der Waals surface area contributed by atoms with Gasteiger partial charge in [-0.2, -0.15) is 4.31 Å². The van der Waals surface area contributed by atoms with Crippen LogP contribution >= 0.6 is 38.9 Å². The van der Waals surface area contributed by atoms with Crippen molar-refractivity contribution in [2.75, 3.05) is 13.1 Å². The first-order valence-electron chi connectivity index (χ1n) is 5.72. The summed E-state index contributed by atoms with van der Waals surface area (Å²) in [7, 11) is -3.38. The predicted octanol–water partition coefficient (Wildman–Crippen LogP) is 3.50. The Balaban J connectivity index is 2.26. The third-order valence-corrected chi connectivity index (χ3v) is 8.32. The Bertz CT molecular complexity index is 524. The van der Waals surface area contributed by atoms with Crippen LogP contribution in [0.15, 0.2) is 10.3 Å². The zero-order valence-electron chi connectivity index (χ0n) is 10.2. The Morgan fingerprint density at radius 3 is 2.72 bits per heavy atom. The summed E-state index contributed by atoms with van der Waals surface area (Å²) in [4.78, 5) is 0.220. The van der Waals surface area contributed by atoms with Gasteiger partial charge in [0.1, 0.15) is 4.21 Å². The topological polar surface area (TPSA) is 37.4 Å². The number of hydrogen-bond acceptors (Lipinski definition) is 3. The molecule has 2 atom stereocenters. The maximum atomic E-state index is 12.5. The highest BCUT2D eigenvalue weighted by molar-refractivity contribution is 9.09. The Kier molecular flexibility index (Phi) is 4.44. The largest absolute Gasteiger partial charge is 0.252 e. The third-order valence-electron chi connectivity index (χ3n) is 3.26. The van der Waals surface area contributed by atoms with Crippen LogP contribution in [0, 0.1) is 12.8 Å². The summed E-state index contributed by atoms with van der Waals surface area (Å²) in [5.41, 5.74) is 0.820. The lowest BCUT2D eigenvalue weighted by molar-refractivity contribution is 0.300. The first kappa shape index (κ1) is 14.8. The molecule has 2 rings (SSSR count). The second kappa shape index (κ2) is 5.40. The summed E-state index contributed by atoms with van der Waals surface area (Å²) >= 11 is 10.6. The number of aryl methyl sites for hydroxylation is 1. The molecular formula is C11H15BrClNO2S2. The summed E-state index contributed by atoms with van der Waals surface area (Å²) in [6.07, 6.45) is 0.882. The number of halogens is 2. The molecule has 1 aliphatic heterocycles. The van der Waals surface area contributed by atoms with Crippen LogP contribution in [0.5, 0.6) is 0 Å². The molecule has 0 aromatic carbocycles. The molecule has 1 fully saturated rings. The summed E-state index contributed by atoms with van der Waals surface area (Å²) in [5.74, 6) is 0.505. The minimum absolute atomic E-state index is 0.220. The number of alkyl halides is 1. The summed E-state index contributed by atoms with van der Waals surface area (Å²) in [6, 6.07) is 1.66. The Labute approximate surface area is 125 Å². The minimum Gasteiger partial charge on any atom is -0.206 e. The van der Waals surface area contributed by atoms with Crippen LogP contribution in [0.25, 0.3) is 0 Å². The molecule has 0 spiro atoms. The second-order valence-electron chi connectivity index (χ2n) is 4.67. The van der Waals surface area contributed by atoms with E-state index in [0.717, 1.165) is 23.3 Å². The molecule has 2 heterocycles. The molecule has 3 nitrogen and oxygen atoms in total. The summed E-state index contributed by atoms with van der Waals surface area (Å²) in [6.45, 7) is 5.07. The number of sulfonamides is 1. The fourth-order valence-corrected chi connectivity index (χ4v) is 6.05. The molecule has 1 aromatic rings. The van der Waals surface area contributed by atoms with Crippen LogP contribution in [-0.2, 0) is 10.0 Å². The quantitative estimate of drug-likeness (QED) is 0.745. The number of rotatable bonds is 2. The van der Waals surface area contributed by atoms with E-state index in [1.807, 2.05) is 6.92 Å². The second-order valence-corrected chi connectivity index (χ2v) is 9.66. The van der Waals surface area contributed by atoms with Crippen molar-refractivity contribution in [3.05, 3.63) is 16.0 Å². The van der Waals surface area contributed by atoms with E-state index in [1.54, 1.807) is 10.4 Å². The van der Waals surface area contributed by atoms with E-state index in [2.05, 4.69) is 22.9 Å². The zero-order valence-corrected chi connectivity index (χ0v) is 14.2. The lowest BCUT2D eigenvalue weighted by Gasteiger charge is -2.32. The highest BCUT2D eigenvalue weighted by Crippen LogP contribution is 2.34. The number of hydrogen-bond donors (Lipinski definition) is 0. The molecule has 0 radical (unpaired) electrons. The van der Waals surface area contributed by atoms with Gasteiger partial charge in [0.2, 0.25) is 0 Å². The van der Waals surface area contributed by atoms with Gasteiger partial charge >= 0.3 is 0 Å². The van der Waals surface area contributed by atoms with Gasteiger partial charge in [0.05, 0.1) is 4.34 Å². The average Bonchev–Trinajstić information content (AvgIpc) is 2.64. The first-order valence-corrected chi connectivity index (χ1v) is 9.27. The minimum atomic E-state index is -3.38. The molecule has 0 amide bonds. The fourth-order valence-electron chi connectivity index (χ4n) is 1.90. The Morgan fingerprint density at radius 2 is 2.22 bits per heavy atom. The molecule has 1 saturated heterocycles. The molecule has 7 heteroatoms. The van der Waals surface area contributed by atoms with Crippen LogP contribution in [0.3, 0.4) is 0 Å². The lowest BCUT2D eigenvalue weighted by Crippen LogP contribution is -2.43. The van der Waals surface area contributed by atoms with Gasteiger partial charge in [-0.3, -0.25) is 0 Å². The summed E-state index contributed by atoms with van der Waals surface area (Å²) in [5, 5.41) is 0. The summed E-state index contributed by atoms with van der Waals surface area (Å²) < 4.78 is 27.4. The number of thiophene rings is 1. The molecule has 0 saturated carbocycles. The number of nitrogens with zero attached hydrogens (tertiary/aromatic N) is 1. The van der Waals surface area contributed by atoms with Crippen molar-refractivity contribution < 1.29 is 8.42 Å². The Morgan fingerprint density at radius 1 is 1.56 bits per heavy atom. The van der Waals surface area contributed by atoms with E-state index in [0.29, 0.717) is 27.6 Å². The van der Waals surface area contributed by atoms with Crippen LogP contribution in [0.1, 0.15) is 18.9 Å². The van der Waals surface area contributed by atoms with Crippen molar-refractivity contribution in [2.24, 2.45) is 5.92 Å². The monoisotopic (exact) mass is 371 g/mol. The van der Waals surface area contributed by atoms with Gasteiger partial charge in [-0.15, -0.1) is 11.3 Å². The van der Waals surface area contributed by atoms with Crippen LogP contribution in [0.4, 0.5) is 0 Å². The van der Waals surface area contributed by atoms with Crippen molar-refractivity contribution in [1.82, 2.24) is 4.31 Å². The predicted molar refractivity (Wildman–Crippen MR) is 79.3 cm³/mol. The molecule has 102 valence electrons. The maximum Gasteiger partial charge on any atom is 0.252 e. The van der Waals surface area contributed by atoms with Crippen molar-refractivity contribution in [1.29, 1.82) is 0 Å². The molecular weight excluding hydrogens is 358 g/mol. The smallest absolute Gasteiger partial charge is 0.206 e. The van der Waals surface area contributed by atoms with E-state index in [4.69, 9.17) is 11.6 Å². The maximum absolute atomic E-state index is 12.5. The lowest BCUT2D eigenvalue weighted by atomic mass is 10.0. The van der Waals surface area contributed by atoms with Crippen molar-refractivity contribution >= 4 is 48.9 Å². The normalized spacial score (nSPS) is 26.4. The Hall–Kier alpha value is 0.380. The van der Waals surface area contributed by atoms with Crippen molar-refractivity contribution in [2.45, 2.75) is 29.3 Å². The third kappa shape index (κ3) is 2.77. The first-order chi connectivity index (χ1) is 8.32. The van der Waals surface area contributed by atoms with Gasteiger partial charge in [0.15, 0.2) is 0 Å². The van der Waals surface area contributed by atoms with Crippen LogP contribution in [-0.4, -0.2) is 30.6 Å². The highest BCUT2D eigenvalue weighted by atomic mass is 79.9. The molecule has 1 aromatic heterocycles.